The van der Waals surface area contributed by atoms with Crippen LogP contribution in [0.4, 0.5) is 0 Å². The van der Waals surface area contributed by atoms with Crippen molar-refractivity contribution < 1.29 is 4.74 Å². The van der Waals surface area contributed by atoms with Crippen LogP contribution in [0.15, 0.2) is 0 Å². The van der Waals surface area contributed by atoms with E-state index in [0.29, 0.717) is 6.10 Å². The van der Waals surface area contributed by atoms with E-state index in [9.17, 15) is 0 Å². The van der Waals surface area contributed by atoms with Crippen LogP contribution in [0.2, 0.25) is 0 Å². The summed E-state index contributed by atoms with van der Waals surface area (Å²) in [4.78, 5) is 0. The van der Waals surface area contributed by atoms with Crippen molar-refractivity contribution in [1.29, 1.82) is 0 Å². The van der Waals surface area contributed by atoms with Crippen LogP contribution in [0.1, 0.15) is 38.5 Å². The standard InChI is InChI=1S/C11H22N2O/c1-14-10-3-2-6-11(7-10,8-12)13-9-4-5-9/h9-10,13H,2-8,12H2,1H3. The Morgan fingerprint density at radius 2 is 2.21 bits per heavy atom. The van der Waals surface area contributed by atoms with Gasteiger partial charge in [-0.25, -0.2) is 0 Å². The minimum atomic E-state index is 0.181. The molecule has 3 nitrogen and oxygen atoms in total. The maximum absolute atomic E-state index is 5.91. The van der Waals surface area contributed by atoms with Crippen LogP contribution in [0.25, 0.3) is 0 Å². The zero-order chi connectivity index (χ0) is 10.0. The predicted molar refractivity (Wildman–Crippen MR) is 57.2 cm³/mol. The van der Waals surface area contributed by atoms with Crippen molar-refractivity contribution in [3.05, 3.63) is 0 Å². The number of nitrogens with two attached hydrogens (primary N) is 1. The van der Waals surface area contributed by atoms with Gasteiger partial charge in [0, 0.05) is 25.2 Å². The lowest BCUT2D eigenvalue weighted by Gasteiger charge is -2.40. The summed E-state index contributed by atoms with van der Waals surface area (Å²) < 4.78 is 5.45. The Morgan fingerprint density at radius 1 is 1.43 bits per heavy atom. The normalized spacial score (nSPS) is 38.6. The van der Waals surface area contributed by atoms with E-state index in [-0.39, 0.29) is 5.54 Å². The van der Waals surface area contributed by atoms with Gasteiger partial charge in [-0.05, 0) is 38.5 Å². The van der Waals surface area contributed by atoms with E-state index < -0.39 is 0 Å². The fourth-order valence-corrected chi connectivity index (χ4v) is 2.55. The Bertz CT molecular complexity index is 194. The summed E-state index contributed by atoms with van der Waals surface area (Å²) >= 11 is 0. The summed E-state index contributed by atoms with van der Waals surface area (Å²) in [5.74, 6) is 0. The monoisotopic (exact) mass is 198 g/mol. The summed E-state index contributed by atoms with van der Waals surface area (Å²) in [5, 5.41) is 3.72. The van der Waals surface area contributed by atoms with Gasteiger partial charge in [-0.2, -0.15) is 0 Å². The van der Waals surface area contributed by atoms with Crippen LogP contribution >= 0.6 is 0 Å². The molecule has 2 unspecified atom stereocenters. The molecule has 2 atom stereocenters. The Kier molecular flexibility index (Phi) is 3.10. The molecule has 0 aliphatic heterocycles. The third kappa shape index (κ3) is 2.27. The molecule has 0 spiro atoms. The molecule has 0 bridgehead atoms. The number of rotatable bonds is 4. The fourth-order valence-electron chi connectivity index (χ4n) is 2.55. The molecule has 2 aliphatic carbocycles. The number of hydrogen-bond donors (Lipinski definition) is 2. The van der Waals surface area contributed by atoms with Crippen molar-refractivity contribution >= 4 is 0 Å². The van der Waals surface area contributed by atoms with Crippen molar-refractivity contribution in [3.63, 3.8) is 0 Å². The summed E-state index contributed by atoms with van der Waals surface area (Å²) in [6.45, 7) is 0.753. The predicted octanol–water partition coefficient (Wildman–Crippen LogP) is 1.02. The second-order valence-corrected chi connectivity index (χ2v) is 4.86. The molecule has 0 aromatic carbocycles. The van der Waals surface area contributed by atoms with E-state index in [4.69, 9.17) is 10.5 Å². The van der Waals surface area contributed by atoms with Gasteiger partial charge in [-0.1, -0.05) is 0 Å². The average molecular weight is 198 g/mol. The van der Waals surface area contributed by atoms with Gasteiger partial charge in [0.15, 0.2) is 0 Å². The Hall–Kier alpha value is -0.120. The van der Waals surface area contributed by atoms with E-state index in [0.717, 1.165) is 19.0 Å². The van der Waals surface area contributed by atoms with E-state index in [1.807, 2.05) is 7.11 Å². The topological polar surface area (TPSA) is 47.3 Å². The lowest BCUT2D eigenvalue weighted by molar-refractivity contribution is 0.0323. The molecule has 2 rings (SSSR count). The lowest BCUT2D eigenvalue weighted by Crippen LogP contribution is -2.56. The highest BCUT2D eigenvalue weighted by Gasteiger charge is 2.39. The second-order valence-electron chi connectivity index (χ2n) is 4.86. The van der Waals surface area contributed by atoms with Gasteiger partial charge in [-0.15, -0.1) is 0 Å². The third-order valence-corrected chi connectivity index (χ3v) is 3.61. The minimum absolute atomic E-state index is 0.181. The number of ether oxygens (including phenoxy) is 1. The molecule has 0 saturated heterocycles. The maximum atomic E-state index is 5.91. The van der Waals surface area contributed by atoms with Crippen LogP contribution < -0.4 is 11.1 Å². The van der Waals surface area contributed by atoms with Crippen molar-refractivity contribution in [1.82, 2.24) is 5.32 Å². The van der Waals surface area contributed by atoms with Crippen molar-refractivity contribution in [2.24, 2.45) is 5.73 Å². The lowest BCUT2D eigenvalue weighted by atomic mass is 9.80. The summed E-state index contributed by atoms with van der Waals surface area (Å²) in [5.41, 5.74) is 6.09. The van der Waals surface area contributed by atoms with Gasteiger partial charge in [0.05, 0.1) is 6.10 Å². The molecule has 0 heterocycles. The van der Waals surface area contributed by atoms with Crippen LogP contribution in [0.3, 0.4) is 0 Å². The first-order chi connectivity index (χ1) is 6.78. The summed E-state index contributed by atoms with van der Waals surface area (Å²) in [6, 6.07) is 0.745. The number of hydrogen-bond acceptors (Lipinski definition) is 3. The number of nitrogens with one attached hydrogen (secondary N) is 1. The molecule has 3 N–H and O–H groups in total. The first-order valence-electron chi connectivity index (χ1n) is 5.78. The second kappa shape index (κ2) is 4.17. The Balaban J connectivity index is 1.94. The SMILES string of the molecule is COC1CCCC(CN)(NC2CC2)C1. The van der Waals surface area contributed by atoms with Crippen molar-refractivity contribution in [2.45, 2.75) is 56.2 Å². The fraction of sp³-hybridized carbons (Fsp3) is 1.00. The van der Waals surface area contributed by atoms with Gasteiger partial charge in [0.1, 0.15) is 0 Å². The molecule has 14 heavy (non-hydrogen) atoms. The van der Waals surface area contributed by atoms with Gasteiger partial charge >= 0.3 is 0 Å². The minimum Gasteiger partial charge on any atom is -0.381 e. The first kappa shape index (κ1) is 10.4. The van der Waals surface area contributed by atoms with Gasteiger partial charge in [0.2, 0.25) is 0 Å². The molecule has 2 aliphatic rings. The maximum Gasteiger partial charge on any atom is 0.0589 e. The van der Waals surface area contributed by atoms with Crippen molar-refractivity contribution in [2.75, 3.05) is 13.7 Å². The highest BCUT2D eigenvalue weighted by molar-refractivity contribution is 4.99. The summed E-state index contributed by atoms with van der Waals surface area (Å²) in [6.07, 6.45) is 7.84. The molecule has 2 saturated carbocycles. The van der Waals surface area contributed by atoms with E-state index in [1.165, 1.54) is 32.1 Å². The smallest absolute Gasteiger partial charge is 0.0589 e. The zero-order valence-corrected chi connectivity index (χ0v) is 9.09. The molecular weight excluding hydrogens is 176 g/mol. The molecule has 0 aromatic rings. The van der Waals surface area contributed by atoms with E-state index in [1.54, 1.807) is 0 Å². The van der Waals surface area contributed by atoms with Crippen LogP contribution in [0.5, 0.6) is 0 Å². The van der Waals surface area contributed by atoms with Crippen LogP contribution in [0, 0.1) is 0 Å². The summed E-state index contributed by atoms with van der Waals surface area (Å²) in [7, 11) is 1.81. The average Bonchev–Trinajstić information content (AvgIpc) is 3.02. The molecular formula is C11H22N2O. The Labute approximate surface area is 86.4 Å². The highest BCUT2D eigenvalue weighted by Crippen LogP contribution is 2.33. The molecule has 82 valence electrons. The molecule has 0 amide bonds. The van der Waals surface area contributed by atoms with Gasteiger partial charge in [0.25, 0.3) is 0 Å². The van der Waals surface area contributed by atoms with Gasteiger partial charge < -0.3 is 15.8 Å². The van der Waals surface area contributed by atoms with Gasteiger partial charge in [-0.3, -0.25) is 0 Å². The largest absolute Gasteiger partial charge is 0.381 e. The Morgan fingerprint density at radius 3 is 2.79 bits per heavy atom. The zero-order valence-electron chi connectivity index (χ0n) is 9.09. The van der Waals surface area contributed by atoms with E-state index in [2.05, 4.69) is 5.32 Å². The van der Waals surface area contributed by atoms with Crippen molar-refractivity contribution in [3.8, 4) is 0 Å². The van der Waals surface area contributed by atoms with E-state index >= 15 is 0 Å². The number of methoxy groups -OCH3 is 1. The first-order valence-corrected chi connectivity index (χ1v) is 5.78. The third-order valence-electron chi connectivity index (χ3n) is 3.61. The molecule has 0 aromatic heterocycles. The highest BCUT2D eigenvalue weighted by atomic mass is 16.5. The molecule has 2 fully saturated rings. The molecule has 0 radical (unpaired) electrons. The quantitative estimate of drug-likeness (QED) is 0.709. The molecule has 3 heteroatoms. The van der Waals surface area contributed by atoms with Crippen LogP contribution in [-0.2, 0) is 4.74 Å². The van der Waals surface area contributed by atoms with Crippen LogP contribution in [-0.4, -0.2) is 31.3 Å².